The first kappa shape index (κ1) is 18.2. The van der Waals surface area contributed by atoms with E-state index in [1.165, 1.54) is 14.0 Å². The van der Waals surface area contributed by atoms with Gasteiger partial charge in [-0.05, 0) is 17.7 Å². The van der Waals surface area contributed by atoms with E-state index in [2.05, 4.69) is 10.6 Å². The summed E-state index contributed by atoms with van der Waals surface area (Å²) in [5.74, 6) is -1.28. The third-order valence-electron chi connectivity index (χ3n) is 3.56. The highest BCUT2D eigenvalue weighted by molar-refractivity contribution is 6.04. The first-order valence-corrected chi connectivity index (χ1v) is 7.80. The number of carbonyl (C=O) groups excluding carboxylic acids is 3. The lowest BCUT2D eigenvalue weighted by atomic mass is 10.0. The van der Waals surface area contributed by atoms with Crippen molar-refractivity contribution in [3.8, 4) is 0 Å². The van der Waals surface area contributed by atoms with Crippen molar-refractivity contribution >= 4 is 23.5 Å². The first-order chi connectivity index (χ1) is 12.0. The molecule has 0 radical (unpaired) electrons. The van der Waals surface area contributed by atoms with Gasteiger partial charge in [0.1, 0.15) is 6.04 Å². The Bertz CT molecular complexity index is 759. The molecule has 25 heavy (non-hydrogen) atoms. The molecule has 0 aliphatic carbocycles. The highest BCUT2D eigenvalue weighted by atomic mass is 16.5. The van der Waals surface area contributed by atoms with Crippen molar-refractivity contribution < 1.29 is 19.1 Å². The van der Waals surface area contributed by atoms with Crippen molar-refractivity contribution in [2.24, 2.45) is 0 Å². The monoisotopic (exact) mass is 340 g/mol. The second-order valence-corrected chi connectivity index (χ2v) is 5.47. The summed E-state index contributed by atoms with van der Waals surface area (Å²) >= 11 is 0. The molecule has 0 aliphatic rings. The Morgan fingerprint density at radius 3 is 2.28 bits per heavy atom. The minimum absolute atomic E-state index is 0.277. The van der Waals surface area contributed by atoms with Crippen LogP contribution < -0.4 is 10.6 Å². The van der Waals surface area contributed by atoms with Gasteiger partial charge in [-0.15, -0.1) is 0 Å². The fraction of sp³-hybridized carbons (Fsp3) is 0.211. The molecule has 0 unspecified atom stereocenters. The molecule has 6 heteroatoms. The van der Waals surface area contributed by atoms with Crippen molar-refractivity contribution in [3.63, 3.8) is 0 Å². The van der Waals surface area contributed by atoms with Crippen molar-refractivity contribution in [1.29, 1.82) is 0 Å². The lowest BCUT2D eigenvalue weighted by molar-refractivity contribution is -0.142. The van der Waals surface area contributed by atoms with Gasteiger partial charge in [0.2, 0.25) is 5.91 Å². The molecule has 2 aromatic rings. The molecule has 0 spiro atoms. The Kier molecular flexibility index (Phi) is 6.28. The molecule has 2 aromatic carbocycles. The molecule has 0 heterocycles. The standard InChI is InChI=1S/C19H20N2O4/c1-13(22)20-16-11-7-6-10-15(16)18(23)21-17(19(24)25-2)12-14-8-4-3-5-9-14/h3-11,17H,12H2,1-2H3,(H,20,22)(H,21,23)/t17-/m1/s1. The SMILES string of the molecule is COC(=O)[C@@H](Cc1ccccc1)NC(=O)c1ccccc1NC(C)=O. The summed E-state index contributed by atoms with van der Waals surface area (Å²) in [6, 6.07) is 15.1. The number of ether oxygens (including phenoxy) is 1. The molecule has 6 nitrogen and oxygen atoms in total. The van der Waals surface area contributed by atoms with E-state index in [0.717, 1.165) is 5.56 Å². The number of para-hydroxylation sites is 1. The predicted octanol–water partition coefficient (Wildman–Crippen LogP) is 2.16. The van der Waals surface area contributed by atoms with Gasteiger partial charge < -0.3 is 15.4 Å². The molecular formula is C19H20N2O4. The maximum atomic E-state index is 12.6. The molecule has 2 amide bonds. The molecule has 2 rings (SSSR count). The van der Waals surface area contributed by atoms with Gasteiger partial charge in [0.05, 0.1) is 18.4 Å². The molecule has 0 saturated carbocycles. The molecule has 0 aromatic heterocycles. The number of amides is 2. The number of hydrogen-bond acceptors (Lipinski definition) is 4. The van der Waals surface area contributed by atoms with Crippen LogP contribution in [0.2, 0.25) is 0 Å². The van der Waals surface area contributed by atoms with Gasteiger partial charge in [0, 0.05) is 13.3 Å². The van der Waals surface area contributed by atoms with Gasteiger partial charge in [-0.2, -0.15) is 0 Å². The predicted molar refractivity (Wildman–Crippen MR) is 94.2 cm³/mol. The fourth-order valence-corrected chi connectivity index (χ4v) is 2.40. The Morgan fingerprint density at radius 2 is 1.64 bits per heavy atom. The van der Waals surface area contributed by atoms with Crippen LogP contribution in [0.5, 0.6) is 0 Å². The highest BCUT2D eigenvalue weighted by Crippen LogP contribution is 2.15. The van der Waals surface area contributed by atoms with Crippen LogP contribution in [-0.2, 0) is 20.7 Å². The molecule has 0 fully saturated rings. The third-order valence-corrected chi connectivity index (χ3v) is 3.56. The zero-order valence-corrected chi connectivity index (χ0v) is 14.1. The zero-order valence-electron chi connectivity index (χ0n) is 14.1. The molecule has 0 aliphatic heterocycles. The number of methoxy groups -OCH3 is 1. The number of esters is 1. The lowest BCUT2D eigenvalue weighted by Gasteiger charge is -2.18. The number of nitrogens with one attached hydrogen (secondary N) is 2. The first-order valence-electron chi connectivity index (χ1n) is 7.80. The Morgan fingerprint density at radius 1 is 1.00 bits per heavy atom. The second-order valence-electron chi connectivity index (χ2n) is 5.47. The van der Waals surface area contributed by atoms with E-state index in [9.17, 15) is 14.4 Å². The van der Waals surface area contributed by atoms with Crippen molar-refractivity contribution in [3.05, 3.63) is 65.7 Å². The van der Waals surface area contributed by atoms with Crippen molar-refractivity contribution in [1.82, 2.24) is 5.32 Å². The van der Waals surface area contributed by atoms with Crippen LogP contribution in [0.3, 0.4) is 0 Å². The van der Waals surface area contributed by atoms with E-state index in [1.54, 1.807) is 24.3 Å². The Balaban J connectivity index is 2.20. The second kappa shape index (κ2) is 8.63. The number of rotatable bonds is 6. The normalized spacial score (nSPS) is 11.3. The van der Waals surface area contributed by atoms with Crippen LogP contribution in [0, 0.1) is 0 Å². The Hall–Kier alpha value is -3.15. The minimum atomic E-state index is -0.828. The average Bonchev–Trinajstić information content (AvgIpc) is 2.61. The van der Waals surface area contributed by atoms with E-state index in [1.807, 2.05) is 30.3 Å². The molecule has 2 N–H and O–H groups in total. The van der Waals surface area contributed by atoms with Crippen molar-refractivity contribution in [2.75, 3.05) is 12.4 Å². The molecule has 130 valence electrons. The summed E-state index contributed by atoms with van der Waals surface area (Å²) in [6.07, 6.45) is 0.307. The van der Waals surface area contributed by atoms with E-state index < -0.39 is 17.9 Å². The van der Waals surface area contributed by atoms with Gasteiger partial charge in [0.25, 0.3) is 5.91 Å². The molecule has 0 bridgehead atoms. The van der Waals surface area contributed by atoms with Gasteiger partial charge >= 0.3 is 5.97 Å². The summed E-state index contributed by atoms with van der Waals surface area (Å²) in [6.45, 7) is 1.36. The quantitative estimate of drug-likeness (QED) is 0.789. The molecular weight excluding hydrogens is 320 g/mol. The maximum absolute atomic E-state index is 12.6. The van der Waals surface area contributed by atoms with E-state index in [-0.39, 0.29) is 11.5 Å². The van der Waals surface area contributed by atoms with E-state index in [0.29, 0.717) is 12.1 Å². The van der Waals surface area contributed by atoms with Gasteiger partial charge in [0.15, 0.2) is 0 Å². The summed E-state index contributed by atoms with van der Waals surface area (Å²) in [5, 5.41) is 5.29. The van der Waals surface area contributed by atoms with Crippen molar-refractivity contribution in [2.45, 2.75) is 19.4 Å². The number of benzene rings is 2. The van der Waals surface area contributed by atoms with E-state index >= 15 is 0 Å². The molecule has 0 saturated heterocycles. The lowest BCUT2D eigenvalue weighted by Crippen LogP contribution is -2.43. The van der Waals surface area contributed by atoms with Crippen LogP contribution in [0.1, 0.15) is 22.8 Å². The van der Waals surface area contributed by atoms with Gasteiger partial charge in [-0.3, -0.25) is 9.59 Å². The summed E-state index contributed by atoms with van der Waals surface area (Å²) in [4.78, 5) is 35.9. The van der Waals surface area contributed by atoms with Gasteiger partial charge in [-0.25, -0.2) is 4.79 Å². The topological polar surface area (TPSA) is 84.5 Å². The number of anilines is 1. The smallest absolute Gasteiger partial charge is 0.328 e. The van der Waals surface area contributed by atoms with Crippen LogP contribution in [-0.4, -0.2) is 30.9 Å². The number of carbonyl (C=O) groups is 3. The van der Waals surface area contributed by atoms with E-state index in [4.69, 9.17) is 4.74 Å². The summed E-state index contributed by atoms with van der Waals surface area (Å²) in [7, 11) is 1.28. The fourth-order valence-electron chi connectivity index (χ4n) is 2.40. The van der Waals surface area contributed by atoms with Crippen LogP contribution in [0.25, 0.3) is 0 Å². The highest BCUT2D eigenvalue weighted by Gasteiger charge is 2.23. The van der Waals surface area contributed by atoms with Crippen LogP contribution in [0.15, 0.2) is 54.6 Å². The maximum Gasteiger partial charge on any atom is 0.328 e. The summed E-state index contributed by atoms with van der Waals surface area (Å²) < 4.78 is 4.79. The zero-order chi connectivity index (χ0) is 18.2. The summed E-state index contributed by atoms with van der Waals surface area (Å²) in [5.41, 5.74) is 1.56. The van der Waals surface area contributed by atoms with Crippen LogP contribution in [0.4, 0.5) is 5.69 Å². The number of hydrogen-bond donors (Lipinski definition) is 2. The third kappa shape index (κ3) is 5.17. The molecule has 1 atom stereocenters. The van der Waals surface area contributed by atoms with Crippen LogP contribution >= 0.6 is 0 Å². The minimum Gasteiger partial charge on any atom is -0.467 e. The van der Waals surface area contributed by atoms with Gasteiger partial charge in [-0.1, -0.05) is 42.5 Å². The largest absolute Gasteiger partial charge is 0.467 e. The Labute approximate surface area is 146 Å². The average molecular weight is 340 g/mol.